The van der Waals surface area contributed by atoms with Crippen LogP contribution in [0.5, 0.6) is 0 Å². The Morgan fingerprint density at radius 1 is 1.52 bits per heavy atom. The second-order valence-electron chi connectivity index (χ2n) is 5.84. The molecular weight excluding hydrogens is 270 g/mol. The minimum Gasteiger partial charge on any atom is -0.381 e. The van der Waals surface area contributed by atoms with E-state index in [2.05, 4.69) is 5.32 Å². The lowest BCUT2D eigenvalue weighted by Gasteiger charge is -2.24. The molecule has 1 N–H and O–H groups in total. The summed E-state index contributed by atoms with van der Waals surface area (Å²) in [5.74, 6) is 0.718. The number of hydrogen-bond donors (Lipinski definition) is 1. The van der Waals surface area contributed by atoms with Crippen LogP contribution in [0.4, 0.5) is 4.79 Å². The number of hydrogen-bond acceptors (Lipinski definition) is 3. The number of amides is 3. The van der Waals surface area contributed by atoms with E-state index in [1.54, 1.807) is 0 Å². The number of carbonyl (C=O) groups is 2. The van der Waals surface area contributed by atoms with E-state index in [9.17, 15) is 9.59 Å². The molecule has 2 heterocycles. The molecular formula is C15H27N3O3. The van der Waals surface area contributed by atoms with Crippen molar-refractivity contribution < 1.29 is 14.3 Å². The van der Waals surface area contributed by atoms with Crippen molar-refractivity contribution >= 4 is 11.9 Å². The van der Waals surface area contributed by atoms with Crippen molar-refractivity contribution in [2.24, 2.45) is 5.92 Å². The van der Waals surface area contributed by atoms with Gasteiger partial charge in [0.25, 0.3) is 0 Å². The molecule has 2 aliphatic rings. The molecule has 120 valence electrons. The van der Waals surface area contributed by atoms with Crippen LogP contribution in [-0.4, -0.2) is 67.7 Å². The van der Waals surface area contributed by atoms with Crippen LogP contribution in [0.15, 0.2) is 0 Å². The smallest absolute Gasteiger partial charge is 0.317 e. The van der Waals surface area contributed by atoms with E-state index in [4.69, 9.17) is 4.74 Å². The Morgan fingerprint density at radius 2 is 2.38 bits per heavy atom. The van der Waals surface area contributed by atoms with Gasteiger partial charge in [0.2, 0.25) is 5.91 Å². The lowest BCUT2D eigenvalue weighted by atomic mass is 10.1. The topological polar surface area (TPSA) is 61.9 Å². The maximum absolute atomic E-state index is 12.1. The van der Waals surface area contributed by atoms with Crippen LogP contribution in [0.25, 0.3) is 0 Å². The predicted molar refractivity (Wildman–Crippen MR) is 80.0 cm³/mol. The Kier molecular flexibility index (Phi) is 6.29. The third kappa shape index (κ3) is 4.88. The molecule has 21 heavy (non-hydrogen) atoms. The zero-order valence-corrected chi connectivity index (χ0v) is 13.0. The third-order valence-corrected chi connectivity index (χ3v) is 4.22. The molecule has 0 aromatic heterocycles. The first-order chi connectivity index (χ1) is 10.2. The van der Waals surface area contributed by atoms with Crippen molar-refractivity contribution in [1.82, 2.24) is 15.1 Å². The molecule has 1 atom stereocenters. The van der Waals surface area contributed by atoms with Gasteiger partial charge in [-0.3, -0.25) is 4.79 Å². The number of likely N-dealkylation sites (tertiary alicyclic amines) is 1. The van der Waals surface area contributed by atoms with Gasteiger partial charge in [-0.25, -0.2) is 4.79 Å². The largest absolute Gasteiger partial charge is 0.381 e. The van der Waals surface area contributed by atoms with Gasteiger partial charge in [0.05, 0.1) is 6.61 Å². The minimum absolute atomic E-state index is 0.00264. The summed E-state index contributed by atoms with van der Waals surface area (Å²) in [6, 6.07) is -0.00264. The molecule has 0 bridgehead atoms. The first-order valence-corrected chi connectivity index (χ1v) is 8.09. The van der Waals surface area contributed by atoms with Crippen LogP contribution in [0.3, 0.4) is 0 Å². The van der Waals surface area contributed by atoms with E-state index in [0.29, 0.717) is 25.4 Å². The second-order valence-corrected chi connectivity index (χ2v) is 5.84. The fourth-order valence-electron chi connectivity index (χ4n) is 2.91. The zero-order valence-electron chi connectivity index (χ0n) is 13.0. The molecule has 2 saturated heterocycles. The number of carbonyl (C=O) groups excluding carboxylic acids is 2. The Hall–Kier alpha value is -1.30. The van der Waals surface area contributed by atoms with Crippen molar-refractivity contribution in [1.29, 1.82) is 0 Å². The highest BCUT2D eigenvalue weighted by Crippen LogP contribution is 2.14. The summed E-state index contributed by atoms with van der Waals surface area (Å²) >= 11 is 0. The van der Waals surface area contributed by atoms with Crippen LogP contribution >= 0.6 is 0 Å². The van der Waals surface area contributed by atoms with Crippen LogP contribution in [0, 0.1) is 5.92 Å². The van der Waals surface area contributed by atoms with Crippen molar-refractivity contribution in [2.75, 3.05) is 45.9 Å². The molecule has 0 aliphatic carbocycles. The molecule has 2 rings (SSSR count). The van der Waals surface area contributed by atoms with Gasteiger partial charge in [-0.15, -0.1) is 0 Å². The number of nitrogens with zero attached hydrogens (tertiary/aromatic N) is 2. The van der Waals surface area contributed by atoms with Gasteiger partial charge in [0.1, 0.15) is 0 Å². The maximum atomic E-state index is 12.1. The van der Waals surface area contributed by atoms with Crippen molar-refractivity contribution in [2.45, 2.75) is 32.6 Å². The van der Waals surface area contributed by atoms with E-state index in [1.807, 2.05) is 16.7 Å². The van der Waals surface area contributed by atoms with Gasteiger partial charge in [-0.1, -0.05) is 0 Å². The average molecular weight is 297 g/mol. The summed E-state index contributed by atoms with van der Waals surface area (Å²) in [4.78, 5) is 27.3. The summed E-state index contributed by atoms with van der Waals surface area (Å²) in [5, 5.41) is 2.95. The average Bonchev–Trinajstić information content (AvgIpc) is 3.12. The molecule has 6 nitrogen and oxygen atoms in total. The fraction of sp³-hybridized carbons (Fsp3) is 0.867. The Balaban J connectivity index is 1.61. The monoisotopic (exact) mass is 297 g/mol. The van der Waals surface area contributed by atoms with Crippen LogP contribution in [0.1, 0.15) is 32.6 Å². The molecule has 0 spiro atoms. The maximum Gasteiger partial charge on any atom is 0.317 e. The highest BCUT2D eigenvalue weighted by atomic mass is 16.5. The van der Waals surface area contributed by atoms with Gasteiger partial charge in [0, 0.05) is 51.7 Å². The fourth-order valence-corrected chi connectivity index (χ4v) is 2.91. The predicted octanol–water partition coefficient (Wildman–Crippen LogP) is 1.07. The summed E-state index contributed by atoms with van der Waals surface area (Å²) in [6.07, 6.45) is 3.51. The zero-order chi connectivity index (χ0) is 15.1. The highest BCUT2D eigenvalue weighted by molar-refractivity contribution is 5.78. The lowest BCUT2D eigenvalue weighted by Crippen LogP contribution is -2.43. The molecule has 0 aromatic rings. The number of ether oxygens (including phenoxy) is 1. The Bertz CT molecular complexity index is 356. The van der Waals surface area contributed by atoms with E-state index in [-0.39, 0.29) is 11.9 Å². The summed E-state index contributed by atoms with van der Waals surface area (Å²) in [7, 11) is 0. The van der Waals surface area contributed by atoms with Crippen LogP contribution in [-0.2, 0) is 9.53 Å². The first-order valence-electron chi connectivity index (χ1n) is 8.09. The Labute approximate surface area is 126 Å². The van der Waals surface area contributed by atoms with Crippen LogP contribution in [0.2, 0.25) is 0 Å². The normalized spacial score (nSPS) is 21.9. The van der Waals surface area contributed by atoms with Crippen molar-refractivity contribution in [3.63, 3.8) is 0 Å². The standard InChI is InChI=1S/C15H27N3O3/c1-2-17(11-13-6-10-21-12-13)15(20)16-7-4-9-18-8-3-5-14(18)19/h13H,2-12H2,1H3,(H,16,20). The Morgan fingerprint density at radius 3 is 3.00 bits per heavy atom. The molecule has 1 unspecified atom stereocenters. The van der Waals surface area contributed by atoms with Gasteiger partial charge in [0.15, 0.2) is 0 Å². The first kappa shape index (κ1) is 16.1. The number of nitrogens with one attached hydrogen (secondary N) is 1. The summed E-state index contributed by atoms with van der Waals surface area (Å²) in [6.45, 7) is 7.31. The quantitative estimate of drug-likeness (QED) is 0.715. The molecule has 3 amide bonds. The van der Waals surface area contributed by atoms with E-state index < -0.39 is 0 Å². The molecule has 0 radical (unpaired) electrons. The van der Waals surface area contributed by atoms with Crippen molar-refractivity contribution in [3.8, 4) is 0 Å². The minimum atomic E-state index is -0.00264. The molecule has 2 aliphatic heterocycles. The second kappa shape index (κ2) is 8.22. The van der Waals surface area contributed by atoms with Crippen LogP contribution < -0.4 is 5.32 Å². The lowest BCUT2D eigenvalue weighted by molar-refractivity contribution is -0.127. The summed E-state index contributed by atoms with van der Waals surface area (Å²) < 4.78 is 5.35. The van der Waals surface area contributed by atoms with Gasteiger partial charge < -0.3 is 19.9 Å². The van der Waals surface area contributed by atoms with Crippen molar-refractivity contribution in [3.05, 3.63) is 0 Å². The number of urea groups is 1. The molecule has 0 saturated carbocycles. The van der Waals surface area contributed by atoms with Gasteiger partial charge in [-0.2, -0.15) is 0 Å². The number of rotatable bonds is 7. The highest BCUT2D eigenvalue weighted by Gasteiger charge is 2.22. The third-order valence-electron chi connectivity index (χ3n) is 4.22. The van der Waals surface area contributed by atoms with E-state index in [1.165, 1.54) is 0 Å². The molecule has 2 fully saturated rings. The molecule has 0 aromatic carbocycles. The van der Waals surface area contributed by atoms with E-state index >= 15 is 0 Å². The molecule has 6 heteroatoms. The van der Waals surface area contributed by atoms with E-state index in [0.717, 1.165) is 52.1 Å². The van der Waals surface area contributed by atoms with Gasteiger partial charge >= 0.3 is 6.03 Å². The van der Waals surface area contributed by atoms with Gasteiger partial charge in [-0.05, 0) is 26.2 Å². The summed E-state index contributed by atoms with van der Waals surface area (Å²) in [5.41, 5.74) is 0. The SMILES string of the molecule is CCN(CC1CCOC1)C(=O)NCCCN1CCCC1=O.